The van der Waals surface area contributed by atoms with Gasteiger partial charge in [0.1, 0.15) is 16.1 Å². The van der Waals surface area contributed by atoms with E-state index >= 15 is 0 Å². The van der Waals surface area contributed by atoms with Crippen molar-refractivity contribution in [3.8, 4) is 0 Å². The maximum absolute atomic E-state index is 11.5. The lowest BCUT2D eigenvalue weighted by Gasteiger charge is -2.17. The van der Waals surface area contributed by atoms with Crippen LogP contribution in [0.25, 0.3) is 0 Å². The Morgan fingerprint density at radius 3 is 2.75 bits per heavy atom. The van der Waals surface area contributed by atoms with Crippen LogP contribution in [0.5, 0.6) is 0 Å². The van der Waals surface area contributed by atoms with Crippen LogP contribution in [0.2, 0.25) is 0 Å². The summed E-state index contributed by atoms with van der Waals surface area (Å²) in [7, 11) is 0. The van der Waals surface area contributed by atoms with E-state index in [4.69, 9.17) is 5.11 Å². The minimum Gasteiger partial charge on any atom is -0.591 e. The van der Waals surface area contributed by atoms with Crippen molar-refractivity contribution in [3.63, 3.8) is 0 Å². The van der Waals surface area contributed by atoms with Gasteiger partial charge in [0.25, 0.3) is 0 Å². The number of carboxylic acid groups (broad SMARTS) is 1. The van der Waals surface area contributed by atoms with E-state index in [2.05, 4.69) is 9.50 Å². The Kier molecular flexibility index (Phi) is 3.71. The quantitative estimate of drug-likeness (QED) is 0.626. The Hall–Kier alpha value is -1.34. The SMILES string of the molecule is CC(C)(C)[S+]([O-])/N=C/c1cnn(C(=O)O)c1. The van der Waals surface area contributed by atoms with E-state index in [1.807, 2.05) is 0 Å². The molecule has 6 nitrogen and oxygen atoms in total. The van der Waals surface area contributed by atoms with Crippen LogP contribution >= 0.6 is 0 Å². The zero-order chi connectivity index (χ0) is 12.3. The van der Waals surface area contributed by atoms with Gasteiger partial charge >= 0.3 is 6.09 Å². The van der Waals surface area contributed by atoms with Gasteiger partial charge in [0.15, 0.2) is 0 Å². The van der Waals surface area contributed by atoms with Gasteiger partial charge in [-0.1, -0.05) is 4.40 Å². The number of hydrogen-bond acceptors (Lipinski definition) is 4. The van der Waals surface area contributed by atoms with Crippen molar-refractivity contribution in [1.82, 2.24) is 9.78 Å². The highest BCUT2D eigenvalue weighted by molar-refractivity contribution is 7.91. The lowest BCUT2D eigenvalue weighted by molar-refractivity contribution is 0.192. The molecule has 16 heavy (non-hydrogen) atoms. The van der Waals surface area contributed by atoms with Gasteiger partial charge in [-0.3, -0.25) is 0 Å². The molecule has 1 heterocycles. The largest absolute Gasteiger partial charge is 0.591 e. The summed E-state index contributed by atoms with van der Waals surface area (Å²) in [5.74, 6) is 0. The summed E-state index contributed by atoms with van der Waals surface area (Å²) in [6, 6.07) is 0. The van der Waals surface area contributed by atoms with Crippen molar-refractivity contribution in [2.75, 3.05) is 0 Å². The van der Waals surface area contributed by atoms with E-state index in [1.165, 1.54) is 18.6 Å². The smallest absolute Gasteiger partial charge is 0.432 e. The van der Waals surface area contributed by atoms with Gasteiger partial charge in [-0.2, -0.15) is 9.78 Å². The third kappa shape index (κ3) is 3.35. The first-order valence-electron chi connectivity index (χ1n) is 4.55. The monoisotopic (exact) mass is 243 g/mol. The predicted octanol–water partition coefficient (Wildman–Crippen LogP) is 1.29. The van der Waals surface area contributed by atoms with E-state index in [0.717, 1.165) is 4.68 Å². The van der Waals surface area contributed by atoms with Gasteiger partial charge in [-0.25, -0.2) is 4.79 Å². The zero-order valence-electron chi connectivity index (χ0n) is 9.25. The third-order valence-electron chi connectivity index (χ3n) is 1.62. The lowest BCUT2D eigenvalue weighted by Crippen LogP contribution is -2.25. The summed E-state index contributed by atoms with van der Waals surface area (Å²) in [6.45, 7) is 5.42. The summed E-state index contributed by atoms with van der Waals surface area (Å²) in [6.07, 6.45) is 2.83. The molecule has 1 aromatic heterocycles. The fourth-order valence-corrected chi connectivity index (χ4v) is 1.31. The molecule has 0 bridgehead atoms. The molecule has 0 saturated carbocycles. The van der Waals surface area contributed by atoms with Gasteiger partial charge in [-0.05, 0) is 20.8 Å². The van der Waals surface area contributed by atoms with Crippen LogP contribution < -0.4 is 0 Å². The molecule has 0 aliphatic rings. The topological polar surface area (TPSA) is 90.5 Å². The molecule has 1 atom stereocenters. The van der Waals surface area contributed by atoms with E-state index in [0.29, 0.717) is 5.56 Å². The molecule has 0 aromatic carbocycles. The highest BCUT2D eigenvalue weighted by atomic mass is 32.2. The minimum absolute atomic E-state index is 0.431. The molecule has 0 aliphatic heterocycles. The van der Waals surface area contributed by atoms with Crippen molar-refractivity contribution >= 4 is 23.7 Å². The fourth-order valence-electron chi connectivity index (χ4n) is 0.775. The Morgan fingerprint density at radius 1 is 1.69 bits per heavy atom. The molecule has 0 fully saturated rings. The molecular formula is C9H13N3O3S. The average Bonchev–Trinajstić information content (AvgIpc) is 2.60. The molecule has 0 amide bonds. The van der Waals surface area contributed by atoms with E-state index < -0.39 is 22.2 Å². The number of carbonyl (C=O) groups is 1. The van der Waals surface area contributed by atoms with E-state index in [-0.39, 0.29) is 0 Å². The molecule has 7 heteroatoms. The summed E-state index contributed by atoms with van der Waals surface area (Å²) in [5, 5.41) is 12.2. The van der Waals surface area contributed by atoms with Crippen LogP contribution in [0.3, 0.4) is 0 Å². The first kappa shape index (κ1) is 12.7. The number of hydrogen-bond donors (Lipinski definition) is 1. The van der Waals surface area contributed by atoms with Crippen molar-refractivity contribution in [2.24, 2.45) is 4.40 Å². The van der Waals surface area contributed by atoms with E-state index in [9.17, 15) is 9.35 Å². The van der Waals surface area contributed by atoms with E-state index in [1.54, 1.807) is 20.8 Å². The molecule has 1 N–H and O–H groups in total. The van der Waals surface area contributed by atoms with Crippen LogP contribution in [0.1, 0.15) is 26.3 Å². The van der Waals surface area contributed by atoms with Gasteiger partial charge in [0.2, 0.25) is 0 Å². The number of rotatable bonds is 2. The first-order chi connectivity index (χ1) is 7.30. The zero-order valence-corrected chi connectivity index (χ0v) is 10.1. The summed E-state index contributed by atoms with van der Waals surface area (Å²) in [5.41, 5.74) is 0.500. The Morgan fingerprint density at radius 2 is 2.31 bits per heavy atom. The molecule has 0 radical (unpaired) electrons. The molecule has 0 aliphatic carbocycles. The molecule has 88 valence electrons. The number of nitrogens with zero attached hydrogens (tertiary/aromatic N) is 3. The van der Waals surface area contributed by atoms with Gasteiger partial charge in [0, 0.05) is 11.8 Å². The predicted molar refractivity (Wildman–Crippen MR) is 61.1 cm³/mol. The summed E-state index contributed by atoms with van der Waals surface area (Å²) < 4.78 is 15.7. The van der Waals surface area contributed by atoms with Crippen molar-refractivity contribution < 1.29 is 14.5 Å². The fraction of sp³-hybridized carbons (Fsp3) is 0.444. The minimum atomic E-state index is -1.35. The molecule has 1 rings (SSSR count). The maximum Gasteiger partial charge on any atom is 0.432 e. The van der Waals surface area contributed by atoms with Gasteiger partial charge in [0.05, 0.1) is 12.4 Å². The summed E-state index contributed by atoms with van der Waals surface area (Å²) in [4.78, 5) is 10.5. The molecule has 0 saturated heterocycles. The Balaban J connectivity index is 2.73. The number of aromatic nitrogens is 2. The van der Waals surface area contributed by atoms with Crippen LogP contribution in [0.15, 0.2) is 16.8 Å². The third-order valence-corrected chi connectivity index (χ3v) is 2.96. The van der Waals surface area contributed by atoms with Crippen LogP contribution in [-0.2, 0) is 11.4 Å². The Labute approximate surface area is 96.3 Å². The normalized spacial score (nSPS) is 14.2. The molecule has 1 aromatic rings. The highest BCUT2D eigenvalue weighted by Crippen LogP contribution is 2.16. The van der Waals surface area contributed by atoms with Crippen LogP contribution in [0.4, 0.5) is 4.79 Å². The van der Waals surface area contributed by atoms with Crippen molar-refractivity contribution in [1.29, 1.82) is 0 Å². The van der Waals surface area contributed by atoms with Gasteiger partial charge in [-0.15, -0.1) is 0 Å². The van der Waals surface area contributed by atoms with Crippen LogP contribution in [-0.4, -0.2) is 36.5 Å². The highest BCUT2D eigenvalue weighted by Gasteiger charge is 2.25. The van der Waals surface area contributed by atoms with Crippen molar-refractivity contribution in [3.05, 3.63) is 18.0 Å². The molecule has 1 unspecified atom stereocenters. The second kappa shape index (κ2) is 4.67. The average molecular weight is 243 g/mol. The second-order valence-electron chi connectivity index (χ2n) is 4.10. The standard InChI is InChI=1S/C9H13N3O3S/c1-9(2,3)16(15)11-5-7-4-10-12(6-7)8(13)14/h4-6H,1-3H3,(H,13,14)/b11-5+. The first-order valence-corrected chi connectivity index (χ1v) is 5.65. The molecule has 0 spiro atoms. The Bertz CT molecular complexity index is 408. The lowest BCUT2D eigenvalue weighted by atomic mass is 10.3. The van der Waals surface area contributed by atoms with Crippen LogP contribution in [0, 0.1) is 0 Å². The second-order valence-corrected chi connectivity index (χ2v) is 6.03. The van der Waals surface area contributed by atoms with Crippen molar-refractivity contribution in [2.45, 2.75) is 25.5 Å². The molecular weight excluding hydrogens is 230 g/mol. The summed E-state index contributed by atoms with van der Waals surface area (Å²) >= 11 is -1.35. The van der Waals surface area contributed by atoms with Gasteiger partial charge < -0.3 is 9.66 Å². The maximum atomic E-state index is 11.5.